The maximum Gasteiger partial charge on any atom is 0.146 e. The number of hydrogen-bond donors (Lipinski definition) is 1. The molecule has 3 aromatic rings. The van der Waals surface area contributed by atoms with Crippen LogP contribution in [0.1, 0.15) is 22.5 Å². The van der Waals surface area contributed by atoms with Gasteiger partial charge in [0.05, 0.1) is 11.0 Å². The molecule has 0 atom stereocenters. The third-order valence-corrected chi connectivity index (χ3v) is 3.43. The van der Waals surface area contributed by atoms with E-state index in [9.17, 15) is 0 Å². The number of fused-ring (bicyclic) bond motifs is 1. The molecule has 0 aliphatic rings. The molecule has 102 valence electrons. The summed E-state index contributed by atoms with van der Waals surface area (Å²) in [6, 6.07) is 12.3. The minimum absolute atomic E-state index is 0.456. The Morgan fingerprint density at radius 1 is 1.05 bits per heavy atom. The highest BCUT2D eigenvalue weighted by Crippen LogP contribution is 2.20. The van der Waals surface area contributed by atoms with Gasteiger partial charge in [-0.25, -0.2) is 4.98 Å². The molecule has 3 rings (SSSR count). The summed E-state index contributed by atoms with van der Waals surface area (Å²) >= 11 is 0. The first-order valence-corrected chi connectivity index (χ1v) is 6.78. The molecule has 0 spiro atoms. The molecular weight excluding hydrogens is 248 g/mol. The number of hydrogen-bond acceptors (Lipinski definition) is 2. The summed E-state index contributed by atoms with van der Waals surface area (Å²) in [5.41, 5.74) is 5.67. The van der Waals surface area contributed by atoms with Crippen LogP contribution in [0.4, 0.5) is 0 Å². The quantitative estimate of drug-likeness (QED) is 0.776. The summed E-state index contributed by atoms with van der Waals surface area (Å²) < 4.78 is 5.83. The van der Waals surface area contributed by atoms with Gasteiger partial charge in [0.1, 0.15) is 18.2 Å². The number of imidazole rings is 1. The van der Waals surface area contributed by atoms with E-state index in [0.29, 0.717) is 6.61 Å². The van der Waals surface area contributed by atoms with Gasteiger partial charge < -0.3 is 9.72 Å². The molecule has 0 aliphatic carbocycles. The van der Waals surface area contributed by atoms with Gasteiger partial charge in [-0.2, -0.15) is 0 Å². The summed E-state index contributed by atoms with van der Waals surface area (Å²) in [6.07, 6.45) is 0. The first kappa shape index (κ1) is 12.7. The highest BCUT2D eigenvalue weighted by atomic mass is 16.5. The van der Waals surface area contributed by atoms with Gasteiger partial charge >= 0.3 is 0 Å². The molecule has 1 heterocycles. The maximum absolute atomic E-state index is 5.83. The monoisotopic (exact) mass is 266 g/mol. The predicted octanol–water partition coefficient (Wildman–Crippen LogP) is 4.07. The highest BCUT2D eigenvalue weighted by Gasteiger charge is 2.07. The van der Waals surface area contributed by atoms with Crippen LogP contribution in [0.5, 0.6) is 5.75 Å². The summed E-state index contributed by atoms with van der Waals surface area (Å²) in [6.45, 7) is 6.68. The average molecular weight is 266 g/mol. The zero-order valence-electron chi connectivity index (χ0n) is 12.0. The lowest BCUT2D eigenvalue weighted by Gasteiger charge is -2.06. The number of nitrogens with one attached hydrogen (secondary N) is 1. The van der Waals surface area contributed by atoms with Crippen LogP contribution in [0.25, 0.3) is 11.0 Å². The molecule has 1 N–H and O–H groups in total. The van der Waals surface area contributed by atoms with Crippen molar-refractivity contribution in [2.24, 2.45) is 0 Å². The smallest absolute Gasteiger partial charge is 0.146 e. The van der Waals surface area contributed by atoms with Gasteiger partial charge in [-0.05, 0) is 49.6 Å². The molecule has 3 nitrogen and oxygen atoms in total. The van der Waals surface area contributed by atoms with E-state index in [4.69, 9.17) is 4.74 Å². The third-order valence-electron chi connectivity index (χ3n) is 3.43. The minimum atomic E-state index is 0.456. The molecule has 0 unspecified atom stereocenters. The summed E-state index contributed by atoms with van der Waals surface area (Å²) in [5, 5.41) is 0. The van der Waals surface area contributed by atoms with Crippen molar-refractivity contribution >= 4 is 11.0 Å². The SMILES string of the molecule is Cc1cc(C)c2nc(COc3ccccc3C)[nH]c2c1. The first-order valence-electron chi connectivity index (χ1n) is 6.78. The van der Waals surface area contributed by atoms with Crippen molar-refractivity contribution in [2.75, 3.05) is 0 Å². The minimum Gasteiger partial charge on any atom is -0.485 e. The Labute approximate surface area is 118 Å². The Hall–Kier alpha value is -2.29. The third kappa shape index (κ3) is 2.39. The average Bonchev–Trinajstić information content (AvgIpc) is 2.81. The zero-order chi connectivity index (χ0) is 14.1. The Kier molecular flexibility index (Phi) is 3.18. The maximum atomic E-state index is 5.83. The van der Waals surface area contributed by atoms with Crippen LogP contribution in [0.15, 0.2) is 36.4 Å². The number of aromatic nitrogens is 2. The second-order valence-corrected chi connectivity index (χ2v) is 5.22. The van der Waals surface area contributed by atoms with E-state index in [1.54, 1.807) is 0 Å². The Balaban J connectivity index is 1.85. The lowest BCUT2D eigenvalue weighted by Crippen LogP contribution is -1.98. The van der Waals surface area contributed by atoms with E-state index in [0.717, 1.165) is 28.2 Å². The Bertz CT molecular complexity index is 759. The highest BCUT2D eigenvalue weighted by molar-refractivity contribution is 5.79. The van der Waals surface area contributed by atoms with Crippen LogP contribution in [0, 0.1) is 20.8 Å². The van der Waals surface area contributed by atoms with Crippen molar-refractivity contribution in [3.05, 3.63) is 58.9 Å². The number of aromatic amines is 1. The van der Waals surface area contributed by atoms with Crippen molar-refractivity contribution in [3.8, 4) is 5.75 Å². The Morgan fingerprint density at radius 2 is 1.85 bits per heavy atom. The Morgan fingerprint density at radius 3 is 2.65 bits per heavy atom. The van der Waals surface area contributed by atoms with Crippen LogP contribution in [0.2, 0.25) is 0 Å². The number of benzene rings is 2. The molecule has 2 aromatic carbocycles. The van der Waals surface area contributed by atoms with Gasteiger partial charge in [0.15, 0.2) is 0 Å². The number of nitrogens with zero attached hydrogens (tertiary/aromatic N) is 1. The second kappa shape index (κ2) is 5.00. The van der Waals surface area contributed by atoms with Gasteiger partial charge in [-0.3, -0.25) is 0 Å². The largest absolute Gasteiger partial charge is 0.485 e. The fourth-order valence-corrected chi connectivity index (χ4v) is 2.45. The van der Waals surface area contributed by atoms with E-state index >= 15 is 0 Å². The van der Waals surface area contributed by atoms with Crippen molar-refractivity contribution in [2.45, 2.75) is 27.4 Å². The molecule has 0 fully saturated rings. The van der Waals surface area contributed by atoms with Crippen LogP contribution in [-0.2, 0) is 6.61 Å². The number of rotatable bonds is 3. The second-order valence-electron chi connectivity index (χ2n) is 5.22. The van der Waals surface area contributed by atoms with Crippen molar-refractivity contribution in [3.63, 3.8) is 0 Å². The molecular formula is C17H18N2O. The van der Waals surface area contributed by atoms with Crippen LogP contribution in [-0.4, -0.2) is 9.97 Å². The lowest BCUT2D eigenvalue weighted by molar-refractivity contribution is 0.295. The molecule has 0 aliphatic heterocycles. The van der Waals surface area contributed by atoms with Crippen LogP contribution < -0.4 is 4.74 Å². The van der Waals surface area contributed by atoms with Crippen molar-refractivity contribution < 1.29 is 4.74 Å². The van der Waals surface area contributed by atoms with E-state index in [1.165, 1.54) is 11.1 Å². The van der Waals surface area contributed by atoms with Crippen LogP contribution in [0.3, 0.4) is 0 Å². The normalized spacial score (nSPS) is 10.9. The molecule has 0 saturated carbocycles. The standard InChI is InChI=1S/C17H18N2O/c1-11-8-13(3)17-14(9-11)18-16(19-17)10-20-15-7-5-4-6-12(15)2/h4-9H,10H2,1-3H3,(H,18,19). The van der Waals surface area contributed by atoms with Crippen LogP contribution >= 0.6 is 0 Å². The number of para-hydroxylation sites is 1. The lowest BCUT2D eigenvalue weighted by atomic mass is 10.1. The number of H-pyrrole nitrogens is 1. The first-order chi connectivity index (χ1) is 9.63. The molecule has 0 radical (unpaired) electrons. The summed E-state index contributed by atoms with van der Waals surface area (Å²) in [5.74, 6) is 1.76. The topological polar surface area (TPSA) is 37.9 Å². The van der Waals surface area contributed by atoms with E-state index in [2.05, 4.69) is 35.9 Å². The number of aryl methyl sites for hydroxylation is 3. The van der Waals surface area contributed by atoms with Gasteiger partial charge in [0.2, 0.25) is 0 Å². The molecule has 0 amide bonds. The van der Waals surface area contributed by atoms with E-state index in [1.807, 2.05) is 31.2 Å². The van der Waals surface area contributed by atoms with Gasteiger partial charge in [0.25, 0.3) is 0 Å². The predicted molar refractivity (Wildman–Crippen MR) is 81.1 cm³/mol. The fraction of sp³-hybridized carbons (Fsp3) is 0.235. The van der Waals surface area contributed by atoms with E-state index < -0.39 is 0 Å². The molecule has 0 saturated heterocycles. The van der Waals surface area contributed by atoms with Crippen molar-refractivity contribution in [1.82, 2.24) is 9.97 Å². The molecule has 0 bridgehead atoms. The molecule has 1 aromatic heterocycles. The zero-order valence-corrected chi connectivity index (χ0v) is 12.0. The van der Waals surface area contributed by atoms with Crippen molar-refractivity contribution in [1.29, 1.82) is 0 Å². The molecule has 3 heteroatoms. The summed E-state index contributed by atoms with van der Waals surface area (Å²) in [4.78, 5) is 7.95. The van der Waals surface area contributed by atoms with Gasteiger partial charge in [-0.1, -0.05) is 24.3 Å². The number of ether oxygens (including phenoxy) is 1. The van der Waals surface area contributed by atoms with E-state index in [-0.39, 0.29) is 0 Å². The fourth-order valence-electron chi connectivity index (χ4n) is 2.45. The van der Waals surface area contributed by atoms with Gasteiger partial charge in [0, 0.05) is 0 Å². The van der Waals surface area contributed by atoms with Gasteiger partial charge in [-0.15, -0.1) is 0 Å². The summed E-state index contributed by atoms with van der Waals surface area (Å²) in [7, 11) is 0. The molecule has 20 heavy (non-hydrogen) atoms.